The van der Waals surface area contributed by atoms with Crippen LogP contribution in [-0.2, 0) is 6.54 Å². The monoisotopic (exact) mass is 365 g/mol. The van der Waals surface area contributed by atoms with Gasteiger partial charge in [0.05, 0.1) is 11.7 Å². The Kier molecular flexibility index (Phi) is 5.14. The first-order valence-corrected chi connectivity index (χ1v) is 9.67. The molecule has 1 fully saturated rings. The molecule has 1 aliphatic rings. The number of H-pyrrole nitrogens is 1. The summed E-state index contributed by atoms with van der Waals surface area (Å²) in [5.74, 6) is 1.31. The molecule has 1 aromatic carbocycles. The highest BCUT2D eigenvalue weighted by Gasteiger charge is 2.29. The summed E-state index contributed by atoms with van der Waals surface area (Å²) in [6.07, 6.45) is 5.87. The maximum Gasteiger partial charge on any atom is 0.127 e. The van der Waals surface area contributed by atoms with Crippen molar-refractivity contribution in [3.63, 3.8) is 0 Å². The molecule has 2 atom stereocenters. The highest BCUT2D eigenvalue weighted by Crippen LogP contribution is 2.25. The van der Waals surface area contributed by atoms with E-state index in [2.05, 4.69) is 40.8 Å². The fraction of sp³-hybridized carbons (Fsp3) is 0.409. The molecule has 5 nitrogen and oxygen atoms in total. The lowest BCUT2D eigenvalue weighted by Crippen LogP contribution is -2.48. The molecule has 1 saturated heterocycles. The number of hydrogen-bond acceptors (Lipinski definition) is 4. The largest absolute Gasteiger partial charge is 0.488 e. The molecule has 2 N–H and O–H groups in total. The molecular formula is C22H27N3O2. The number of pyridine rings is 1. The Morgan fingerprint density at radius 3 is 3.04 bits per heavy atom. The van der Waals surface area contributed by atoms with Crippen molar-refractivity contribution < 1.29 is 9.84 Å². The number of aromatic amines is 1. The molecule has 0 unspecified atom stereocenters. The minimum atomic E-state index is -0.492. The van der Waals surface area contributed by atoms with Crippen molar-refractivity contribution in [2.24, 2.45) is 0 Å². The number of aliphatic hydroxyl groups is 1. The number of hydrogen-bond donors (Lipinski definition) is 2. The van der Waals surface area contributed by atoms with E-state index in [1.54, 1.807) is 0 Å². The fourth-order valence-electron chi connectivity index (χ4n) is 3.78. The van der Waals surface area contributed by atoms with E-state index >= 15 is 0 Å². The number of fused-ring (bicyclic) bond motifs is 1. The topological polar surface area (TPSA) is 61.4 Å². The van der Waals surface area contributed by atoms with Crippen LogP contribution in [0.4, 0.5) is 0 Å². The number of β-amino-alcohol motifs (C(OH)–C–C–N with tert-alkyl or cyclic N) is 1. The minimum Gasteiger partial charge on any atom is -0.488 e. The summed E-state index contributed by atoms with van der Waals surface area (Å²) >= 11 is 0. The Morgan fingerprint density at radius 1 is 1.33 bits per heavy atom. The summed E-state index contributed by atoms with van der Waals surface area (Å²) in [4.78, 5) is 9.71. The molecule has 0 amide bonds. The third kappa shape index (κ3) is 3.99. The van der Waals surface area contributed by atoms with Crippen molar-refractivity contribution in [1.29, 1.82) is 0 Å². The molecule has 0 radical (unpaired) electrons. The van der Waals surface area contributed by atoms with Gasteiger partial charge in [-0.15, -0.1) is 0 Å². The van der Waals surface area contributed by atoms with Gasteiger partial charge in [0.1, 0.15) is 18.0 Å². The molecule has 3 aromatic rings. The summed E-state index contributed by atoms with van der Waals surface area (Å²) < 4.78 is 6.12. The van der Waals surface area contributed by atoms with Crippen LogP contribution >= 0.6 is 0 Å². The highest BCUT2D eigenvalue weighted by atomic mass is 16.5. The average molecular weight is 365 g/mol. The first kappa shape index (κ1) is 18.0. The van der Waals surface area contributed by atoms with Gasteiger partial charge in [0.2, 0.25) is 0 Å². The van der Waals surface area contributed by atoms with Crippen molar-refractivity contribution in [3.05, 3.63) is 60.0 Å². The Labute approximate surface area is 160 Å². The van der Waals surface area contributed by atoms with Gasteiger partial charge in [0, 0.05) is 37.4 Å². The van der Waals surface area contributed by atoms with Crippen LogP contribution in [0.1, 0.15) is 37.3 Å². The lowest BCUT2D eigenvalue weighted by atomic mass is 10.0. The van der Waals surface area contributed by atoms with Gasteiger partial charge in [-0.25, -0.2) is 0 Å². The van der Waals surface area contributed by atoms with E-state index in [9.17, 15) is 5.11 Å². The number of rotatable bonds is 5. The summed E-state index contributed by atoms with van der Waals surface area (Å²) in [5, 5.41) is 11.8. The van der Waals surface area contributed by atoms with Crippen molar-refractivity contribution in [1.82, 2.24) is 14.9 Å². The molecule has 0 bridgehead atoms. The van der Waals surface area contributed by atoms with Gasteiger partial charge in [-0.3, -0.25) is 9.88 Å². The molecule has 142 valence electrons. The fourth-order valence-corrected chi connectivity index (χ4v) is 3.78. The third-order valence-corrected chi connectivity index (χ3v) is 5.38. The summed E-state index contributed by atoms with van der Waals surface area (Å²) in [6.45, 7) is 6.69. The van der Waals surface area contributed by atoms with E-state index < -0.39 is 6.10 Å². The van der Waals surface area contributed by atoms with Crippen LogP contribution in [-0.4, -0.2) is 45.3 Å². The molecule has 5 heteroatoms. The van der Waals surface area contributed by atoms with Crippen LogP contribution in [0.5, 0.6) is 5.75 Å². The van der Waals surface area contributed by atoms with E-state index in [4.69, 9.17) is 4.74 Å². The van der Waals surface area contributed by atoms with Gasteiger partial charge in [-0.2, -0.15) is 0 Å². The number of nitrogens with zero attached hydrogens (tertiary/aromatic N) is 2. The molecule has 2 aromatic heterocycles. The van der Waals surface area contributed by atoms with Crippen molar-refractivity contribution in [2.45, 2.75) is 44.9 Å². The van der Waals surface area contributed by atoms with E-state index in [1.165, 1.54) is 16.5 Å². The Morgan fingerprint density at radius 2 is 2.22 bits per heavy atom. The van der Waals surface area contributed by atoms with Crippen LogP contribution in [0, 0.1) is 0 Å². The SMILES string of the molecule is CC(C)c1cccc(O[C@@H]2CCN(Cc3c[nH]c4cnccc34)C[C@H]2O)c1. The highest BCUT2D eigenvalue weighted by molar-refractivity contribution is 5.82. The lowest BCUT2D eigenvalue weighted by Gasteiger charge is -2.36. The molecule has 0 aliphatic carbocycles. The first-order valence-electron chi connectivity index (χ1n) is 9.67. The minimum absolute atomic E-state index is 0.157. The Hall–Kier alpha value is -2.37. The first-order chi connectivity index (χ1) is 13.1. The second-order valence-electron chi connectivity index (χ2n) is 7.71. The number of piperidine rings is 1. The summed E-state index contributed by atoms with van der Waals surface area (Å²) in [5.41, 5.74) is 3.55. The third-order valence-electron chi connectivity index (χ3n) is 5.38. The second kappa shape index (κ2) is 7.71. The molecule has 3 heterocycles. The van der Waals surface area contributed by atoms with E-state index in [0.717, 1.165) is 30.8 Å². The number of nitrogens with one attached hydrogen (secondary N) is 1. The number of aromatic nitrogens is 2. The molecule has 4 rings (SSSR count). The van der Waals surface area contributed by atoms with Crippen LogP contribution in [0.3, 0.4) is 0 Å². The number of aliphatic hydroxyl groups excluding tert-OH is 1. The van der Waals surface area contributed by atoms with Crippen LogP contribution < -0.4 is 4.74 Å². The smallest absolute Gasteiger partial charge is 0.127 e. The van der Waals surface area contributed by atoms with Gasteiger partial charge in [0.15, 0.2) is 0 Å². The standard InChI is InChI=1S/C22H27N3O2/c1-15(2)16-4-3-5-18(10-16)27-22-7-9-25(14-21(22)26)13-17-11-24-20-12-23-8-6-19(17)20/h3-6,8,10-12,15,21-22,24,26H,7,9,13-14H2,1-2H3/t21-,22-/m1/s1. The van der Waals surface area contributed by atoms with Gasteiger partial charge < -0.3 is 14.8 Å². The number of ether oxygens (including phenoxy) is 1. The second-order valence-corrected chi connectivity index (χ2v) is 7.71. The quantitative estimate of drug-likeness (QED) is 0.724. The van der Waals surface area contributed by atoms with Gasteiger partial charge >= 0.3 is 0 Å². The molecule has 1 aliphatic heterocycles. The predicted molar refractivity (Wildman–Crippen MR) is 107 cm³/mol. The normalized spacial score (nSPS) is 21.0. The molecular weight excluding hydrogens is 338 g/mol. The zero-order valence-corrected chi connectivity index (χ0v) is 15.9. The van der Waals surface area contributed by atoms with Crippen molar-refractivity contribution in [2.75, 3.05) is 13.1 Å². The van der Waals surface area contributed by atoms with E-state index in [1.807, 2.05) is 36.8 Å². The zero-order chi connectivity index (χ0) is 18.8. The van der Waals surface area contributed by atoms with Crippen molar-refractivity contribution in [3.8, 4) is 5.75 Å². The summed E-state index contributed by atoms with van der Waals surface area (Å²) in [7, 11) is 0. The molecule has 27 heavy (non-hydrogen) atoms. The zero-order valence-electron chi connectivity index (χ0n) is 15.9. The Balaban J connectivity index is 1.38. The molecule has 0 saturated carbocycles. The predicted octanol–water partition coefficient (Wildman–Crippen LogP) is 3.70. The van der Waals surface area contributed by atoms with Crippen LogP contribution in [0.25, 0.3) is 10.9 Å². The van der Waals surface area contributed by atoms with Gasteiger partial charge in [0.25, 0.3) is 0 Å². The van der Waals surface area contributed by atoms with Crippen LogP contribution in [0.15, 0.2) is 48.9 Å². The lowest BCUT2D eigenvalue weighted by molar-refractivity contribution is -0.0274. The maximum atomic E-state index is 10.6. The Bertz CT molecular complexity index is 905. The van der Waals surface area contributed by atoms with Crippen LogP contribution in [0.2, 0.25) is 0 Å². The maximum absolute atomic E-state index is 10.6. The van der Waals surface area contributed by atoms with Gasteiger partial charge in [-0.1, -0.05) is 26.0 Å². The average Bonchev–Trinajstić information content (AvgIpc) is 3.07. The van der Waals surface area contributed by atoms with E-state index in [0.29, 0.717) is 12.5 Å². The summed E-state index contributed by atoms with van der Waals surface area (Å²) in [6, 6.07) is 10.2. The van der Waals surface area contributed by atoms with E-state index in [-0.39, 0.29) is 6.10 Å². The molecule has 0 spiro atoms. The van der Waals surface area contributed by atoms with Crippen molar-refractivity contribution >= 4 is 10.9 Å². The van der Waals surface area contributed by atoms with Gasteiger partial charge in [-0.05, 0) is 41.7 Å². The number of likely N-dealkylation sites (tertiary alicyclic amines) is 1. The number of benzene rings is 1.